The second-order valence-electron chi connectivity index (χ2n) is 10.3. The molecule has 1 atom stereocenters. The van der Waals surface area contributed by atoms with Crippen LogP contribution >= 0.6 is 0 Å². The van der Waals surface area contributed by atoms with E-state index in [0.717, 1.165) is 0 Å². The van der Waals surface area contributed by atoms with Crippen LogP contribution < -0.4 is 21.1 Å². The van der Waals surface area contributed by atoms with E-state index in [9.17, 15) is 13.2 Å². The van der Waals surface area contributed by atoms with E-state index < -0.39 is 21.6 Å². The van der Waals surface area contributed by atoms with Crippen LogP contribution in [-0.4, -0.2) is 31.7 Å². The fourth-order valence-electron chi connectivity index (χ4n) is 3.84. The van der Waals surface area contributed by atoms with Gasteiger partial charge < -0.3 is 16.4 Å². The van der Waals surface area contributed by atoms with Crippen molar-refractivity contribution in [2.75, 3.05) is 10.6 Å². The van der Waals surface area contributed by atoms with Gasteiger partial charge in [0.1, 0.15) is 11.9 Å². The minimum absolute atomic E-state index is 0.0207. The molecule has 1 amide bonds. The fraction of sp³-hybridized carbons (Fsp3) is 0.286. The number of rotatable bonds is 9. The number of amides is 1. The molecule has 3 aromatic rings. The number of nitrogen functional groups attached to an aromatic ring is 1. The van der Waals surface area contributed by atoms with Crippen molar-refractivity contribution in [3.05, 3.63) is 78.4 Å². The van der Waals surface area contributed by atoms with Crippen molar-refractivity contribution in [3.8, 4) is 11.1 Å². The first-order valence-corrected chi connectivity index (χ1v) is 13.5. The van der Waals surface area contributed by atoms with Gasteiger partial charge in [-0.25, -0.2) is 13.1 Å². The average molecular weight is 522 g/mol. The van der Waals surface area contributed by atoms with Gasteiger partial charge >= 0.3 is 0 Å². The van der Waals surface area contributed by atoms with Crippen LogP contribution in [0.1, 0.15) is 40.2 Å². The summed E-state index contributed by atoms with van der Waals surface area (Å²) in [5, 5.41) is 13.8. The van der Waals surface area contributed by atoms with E-state index in [2.05, 4.69) is 15.4 Å². The number of nitrogens with two attached hydrogens (primary N) is 1. The van der Waals surface area contributed by atoms with Gasteiger partial charge in [-0.1, -0.05) is 56.3 Å². The van der Waals surface area contributed by atoms with Crippen LogP contribution in [0, 0.1) is 11.3 Å². The highest BCUT2D eigenvalue weighted by molar-refractivity contribution is 7.89. The number of carbonyl (C=O) groups is 1. The Morgan fingerprint density at radius 1 is 0.919 bits per heavy atom. The molecule has 0 saturated heterocycles. The number of anilines is 2. The van der Waals surface area contributed by atoms with Crippen molar-refractivity contribution in [3.63, 3.8) is 0 Å². The molecule has 37 heavy (non-hydrogen) atoms. The minimum Gasteiger partial charge on any atom is -0.384 e. The van der Waals surface area contributed by atoms with E-state index in [0.29, 0.717) is 28.1 Å². The molecule has 0 bridgehead atoms. The third-order valence-electron chi connectivity index (χ3n) is 5.53. The molecule has 6 N–H and O–H groups in total. The Morgan fingerprint density at radius 2 is 1.57 bits per heavy atom. The molecular formula is C28H35N5O3S. The Bertz CT molecular complexity index is 1380. The van der Waals surface area contributed by atoms with Crippen LogP contribution in [0.3, 0.4) is 0 Å². The third-order valence-corrected chi connectivity index (χ3v) is 7.34. The quantitative estimate of drug-likeness (QED) is 0.204. The molecular weight excluding hydrogens is 486 g/mol. The van der Waals surface area contributed by atoms with E-state index in [1.165, 1.54) is 0 Å². The second-order valence-corrected chi connectivity index (χ2v) is 11.9. The summed E-state index contributed by atoms with van der Waals surface area (Å²) in [5.74, 6) is -0.279. The van der Waals surface area contributed by atoms with Crippen LogP contribution in [0.25, 0.3) is 11.1 Å². The molecule has 0 aliphatic carbocycles. The number of hydrogen-bond acceptors (Lipinski definition) is 5. The van der Waals surface area contributed by atoms with E-state index in [4.69, 9.17) is 11.1 Å². The summed E-state index contributed by atoms with van der Waals surface area (Å²) in [5.41, 5.74) is 8.12. The zero-order valence-corrected chi connectivity index (χ0v) is 22.6. The molecule has 0 heterocycles. The maximum absolute atomic E-state index is 13.1. The topological polar surface area (TPSA) is 137 Å². The molecule has 0 radical (unpaired) electrons. The Hall–Kier alpha value is -3.69. The van der Waals surface area contributed by atoms with Crippen LogP contribution in [0.15, 0.2) is 77.7 Å². The van der Waals surface area contributed by atoms with Gasteiger partial charge in [-0.3, -0.25) is 10.2 Å². The molecule has 196 valence electrons. The normalized spacial score (nSPS) is 12.7. The molecule has 0 aromatic heterocycles. The van der Waals surface area contributed by atoms with Crippen LogP contribution in [0.4, 0.5) is 11.4 Å². The van der Waals surface area contributed by atoms with Gasteiger partial charge in [-0.05, 0) is 62.6 Å². The van der Waals surface area contributed by atoms with Crippen LogP contribution in [0.2, 0.25) is 0 Å². The van der Waals surface area contributed by atoms with Gasteiger partial charge in [0, 0.05) is 28.0 Å². The highest BCUT2D eigenvalue weighted by atomic mass is 32.2. The Kier molecular flexibility index (Phi) is 8.40. The first-order chi connectivity index (χ1) is 17.3. The number of amidine groups is 1. The Labute approximate surface area is 219 Å². The largest absolute Gasteiger partial charge is 0.384 e. The molecule has 0 aliphatic heterocycles. The summed E-state index contributed by atoms with van der Waals surface area (Å²) >= 11 is 0. The number of hydrogen-bond donors (Lipinski definition) is 5. The summed E-state index contributed by atoms with van der Waals surface area (Å²) in [7, 11) is -3.73. The first-order valence-electron chi connectivity index (χ1n) is 12.0. The van der Waals surface area contributed by atoms with Crippen LogP contribution in [-0.2, 0) is 14.8 Å². The lowest BCUT2D eigenvalue weighted by Crippen LogP contribution is -2.40. The van der Waals surface area contributed by atoms with Gasteiger partial charge in [0.2, 0.25) is 15.9 Å². The SMILES string of the molecule is CC(C)C(Nc1cccc(C(=N)N)c1)C(=O)Nc1ccc(-c2ccccc2S(=O)(=O)NC(C)(C)C)cc1. The number of carbonyl (C=O) groups excluding carboxylic acids is 1. The van der Waals surface area contributed by atoms with E-state index >= 15 is 0 Å². The van der Waals surface area contributed by atoms with Gasteiger partial charge in [-0.15, -0.1) is 0 Å². The molecule has 0 saturated carbocycles. The molecule has 8 nitrogen and oxygen atoms in total. The maximum Gasteiger partial charge on any atom is 0.247 e. The fourth-order valence-corrected chi connectivity index (χ4v) is 5.49. The predicted octanol–water partition coefficient (Wildman–Crippen LogP) is 4.79. The maximum atomic E-state index is 13.1. The van der Waals surface area contributed by atoms with E-state index in [1.54, 1.807) is 87.5 Å². The minimum atomic E-state index is -3.73. The van der Waals surface area contributed by atoms with Gasteiger partial charge in [0.05, 0.1) is 4.90 Å². The number of benzene rings is 3. The number of nitrogens with one attached hydrogen (secondary N) is 4. The van der Waals surface area contributed by atoms with E-state index in [1.807, 2.05) is 19.9 Å². The standard InChI is InChI=1S/C28H35N5O3S/c1-18(2)25(31-22-10-8-9-20(17-22)26(29)30)27(34)32-21-15-13-19(14-16-21)23-11-6-7-12-24(23)37(35,36)33-28(3,4)5/h6-18,25,31,33H,1-5H3,(H3,29,30)(H,32,34). The summed E-state index contributed by atoms with van der Waals surface area (Å²) in [4.78, 5) is 13.3. The lowest BCUT2D eigenvalue weighted by atomic mass is 10.0. The van der Waals surface area contributed by atoms with Crippen molar-refractivity contribution in [2.24, 2.45) is 11.7 Å². The average Bonchev–Trinajstić information content (AvgIpc) is 2.81. The molecule has 0 spiro atoms. The lowest BCUT2D eigenvalue weighted by molar-refractivity contribution is -0.117. The summed E-state index contributed by atoms with van der Waals surface area (Å²) < 4.78 is 28.7. The van der Waals surface area contributed by atoms with Crippen molar-refractivity contribution in [2.45, 2.75) is 51.1 Å². The molecule has 0 fully saturated rings. The van der Waals surface area contributed by atoms with Crippen molar-refractivity contribution >= 4 is 33.1 Å². The number of sulfonamides is 1. The summed E-state index contributed by atoms with van der Waals surface area (Å²) in [6.07, 6.45) is 0. The van der Waals surface area contributed by atoms with Gasteiger partial charge in [0.25, 0.3) is 0 Å². The monoisotopic (exact) mass is 521 g/mol. The Balaban J connectivity index is 1.80. The summed E-state index contributed by atoms with van der Waals surface area (Å²) in [6, 6.07) is 20.5. The molecule has 3 rings (SSSR count). The van der Waals surface area contributed by atoms with Crippen LogP contribution in [0.5, 0.6) is 0 Å². The summed E-state index contributed by atoms with van der Waals surface area (Å²) in [6.45, 7) is 9.27. The second kappa shape index (κ2) is 11.1. The molecule has 9 heteroatoms. The van der Waals surface area contributed by atoms with Crippen molar-refractivity contribution in [1.29, 1.82) is 5.41 Å². The predicted molar refractivity (Wildman–Crippen MR) is 150 cm³/mol. The molecule has 1 unspecified atom stereocenters. The molecule has 0 aliphatic rings. The smallest absolute Gasteiger partial charge is 0.247 e. The zero-order chi connectivity index (χ0) is 27.4. The van der Waals surface area contributed by atoms with Gasteiger partial charge in [0.15, 0.2) is 0 Å². The highest BCUT2D eigenvalue weighted by Crippen LogP contribution is 2.29. The van der Waals surface area contributed by atoms with E-state index in [-0.39, 0.29) is 22.6 Å². The Morgan fingerprint density at radius 3 is 2.16 bits per heavy atom. The van der Waals surface area contributed by atoms with Crippen molar-refractivity contribution < 1.29 is 13.2 Å². The van der Waals surface area contributed by atoms with Gasteiger partial charge in [-0.2, -0.15) is 0 Å². The lowest BCUT2D eigenvalue weighted by Gasteiger charge is -2.23. The zero-order valence-electron chi connectivity index (χ0n) is 21.8. The first kappa shape index (κ1) is 27.9. The van der Waals surface area contributed by atoms with Crippen molar-refractivity contribution in [1.82, 2.24) is 4.72 Å². The molecule has 3 aromatic carbocycles. The third kappa shape index (κ3) is 7.41. The highest BCUT2D eigenvalue weighted by Gasteiger charge is 2.25.